The van der Waals surface area contributed by atoms with Gasteiger partial charge >= 0.3 is 0 Å². The SMILES string of the molecule is NNC(c1cccnc1)c1ccc(F)cc1I. The number of nitrogens with zero attached hydrogens (tertiary/aromatic N) is 1. The molecule has 3 nitrogen and oxygen atoms in total. The Hall–Kier alpha value is -1.05. The second-order valence-corrected chi connectivity index (χ2v) is 4.71. The standard InChI is InChI=1S/C12H11FIN3/c13-9-3-4-10(11(14)6-9)12(17-15)8-2-1-5-16-7-8/h1-7,12,17H,15H2. The van der Waals surface area contributed by atoms with Gasteiger partial charge in [-0.3, -0.25) is 10.8 Å². The number of benzene rings is 1. The van der Waals surface area contributed by atoms with Crippen LogP contribution in [-0.4, -0.2) is 4.98 Å². The van der Waals surface area contributed by atoms with Gasteiger partial charge < -0.3 is 0 Å². The maximum absolute atomic E-state index is 13.0. The number of nitrogens with two attached hydrogens (primary N) is 1. The molecule has 0 saturated carbocycles. The summed E-state index contributed by atoms with van der Waals surface area (Å²) in [6.45, 7) is 0. The van der Waals surface area contributed by atoms with Gasteiger partial charge in [0.1, 0.15) is 5.82 Å². The minimum atomic E-state index is -0.250. The van der Waals surface area contributed by atoms with E-state index in [1.165, 1.54) is 12.1 Å². The highest BCUT2D eigenvalue weighted by atomic mass is 127. The number of halogens is 2. The van der Waals surface area contributed by atoms with Crippen LogP contribution in [0.2, 0.25) is 0 Å². The van der Waals surface area contributed by atoms with Crippen LogP contribution < -0.4 is 11.3 Å². The van der Waals surface area contributed by atoms with Crippen LogP contribution in [0.1, 0.15) is 17.2 Å². The number of pyridine rings is 1. The van der Waals surface area contributed by atoms with Crippen molar-refractivity contribution < 1.29 is 4.39 Å². The third-order valence-electron chi connectivity index (χ3n) is 2.46. The van der Waals surface area contributed by atoms with Crippen molar-refractivity contribution in [2.45, 2.75) is 6.04 Å². The predicted octanol–water partition coefficient (Wildman–Crippen LogP) is 2.38. The molecular formula is C12H11FIN3. The van der Waals surface area contributed by atoms with Crippen molar-refractivity contribution in [3.8, 4) is 0 Å². The third kappa shape index (κ3) is 2.80. The molecule has 0 bridgehead atoms. The monoisotopic (exact) mass is 343 g/mol. The van der Waals surface area contributed by atoms with Crippen molar-refractivity contribution >= 4 is 22.6 Å². The number of hydrazine groups is 1. The number of hydrogen-bond donors (Lipinski definition) is 2. The number of nitrogens with one attached hydrogen (secondary N) is 1. The minimum absolute atomic E-state index is 0.184. The van der Waals surface area contributed by atoms with Crippen molar-refractivity contribution in [1.82, 2.24) is 10.4 Å². The number of aromatic nitrogens is 1. The summed E-state index contributed by atoms with van der Waals surface area (Å²) in [7, 11) is 0. The molecule has 1 heterocycles. The van der Waals surface area contributed by atoms with Crippen LogP contribution in [0.3, 0.4) is 0 Å². The molecule has 0 spiro atoms. The van der Waals surface area contributed by atoms with Gasteiger partial charge in [0.25, 0.3) is 0 Å². The van der Waals surface area contributed by atoms with Gasteiger partial charge in [-0.1, -0.05) is 12.1 Å². The second kappa shape index (κ2) is 5.52. The van der Waals surface area contributed by atoms with Gasteiger partial charge in [-0.15, -0.1) is 0 Å². The highest BCUT2D eigenvalue weighted by molar-refractivity contribution is 14.1. The van der Waals surface area contributed by atoms with Crippen LogP contribution in [0.25, 0.3) is 0 Å². The fraction of sp³-hybridized carbons (Fsp3) is 0.0833. The van der Waals surface area contributed by atoms with E-state index in [2.05, 4.69) is 33.0 Å². The first-order valence-corrected chi connectivity index (χ1v) is 6.11. The lowest BCUT2D eigenvalue weighted by atomic mass is 10.0. The lowest BCUT2D eigenvalue weighted by molar-refractivity contribution is 0.612. The predicted molar refractivity (Wildman–Crippen MR) is 72.5 cm³/mol. The van der Waals surface area contributed by atoms with Crippen LogP contribution in [0.15, 0.2) is 42.7 Å². The fourth-order valence-corrected chi connectivity index (χ4v) is 2.44. The van der Waals surface area contributed by atoms with E-state index in [1.807, 2.05) is 12.1 Å². The molecular weight excluding hydrogens is 332 g/mol. The molecule has 1 aromatic heterocycles. The molecule has 0 aliphatic heterocycles. The van der Waals surface area contributed by atoms with Crippen LogP contribution in [0.4, 0.5) is 4.39 Å². The first kappa shape index (κ1) is 12.4. The number of rotatable bonds is 3. The van der Waals surface area contributed by atoms with Crippen molar-refractivity contribution in [1.29, 1.82) is 0 Å². The zero-order chi connectivity index (χ0) is 12.3. The van der Waals surface area contributed by atoms with E-state index in [1.54, 1.807) is 18.5 Å². The normalized spacial score (nSPS) is 12.4. The van der Waals surface area contributed by atoms with Gasteiger partial charge in [0.05, 0.1) is 6.04 Å². The maximum Gasteiger partial charge on any atom is 0.124 e. The van der Waals surface area contributed by atoms with Crippen molar-refractivity contribution in [2.24, 2.45) is 5.84 Å². The Bertz CT molecular complexity index is 504. The van der Waals surface area contributed by atoms with E-state index in [9.17, 15) is 4.39 Å². The minimum Gasteiger partial charge on any atom is -0.271 e. The molecule has 5 heteroatoms. The highest BCUT2D eigenvalue weighted by Crippen LogP contribution is 2.25. The zero-order valence-corrected chi connectivity index (χ0v) is 11.1. The van der Waals surface area contributed by atoms with Crippen molar-refractivity contribution in [3.63, 3.8) is 0 Å². The smallest absolute Gasteiger partial charge is 0.124 e. The molecule has 1 unspecified atom stereocenters. The Kier molecular flexibility index (Phi) is 4.03. The molecule has 0 aliphatic rings. The van der Waals surface area contributed by atoms with E-state index in [0.29, 0.717) is 0 Å². The summed E-state index contributed by atoms with van der Waals surface area (Å²) >= 11 is 2.10. The molecule has 2 rings (SSSR count). The topological polar surface area (TPSA) is 50.9 Å². The Labute approximate surface area is 112 Å². The zero-order valence-electron chi connectivity index (χ0n) is 8.90. The van der Waals surface area contributed by atoms with E-state index in [-0.39, 0.29) is 11.9 Å². The summed E-state index contributed by atoms with van der Waals surface area (Å²) < 4.78 is 13.9. The van der Waals surface area contributed by atoms with E-state index < -0.39 is 0 Å². The molecule has 0 radical (unpaired) electrons. The molecule has 3 N–H and O–H groups in total. The van der Waals surface area contributed by atoms with Gasteiger partial charge in [0.2, 0.25) is 0 Å². The lowest BCUT2D eigenvalue weighted by Gasteiger charge is -2.17. The Morgan fingerprint density at radius 2 is 2.18 bits per heavy atom. The summed E-state index contributed by atoms with van der Waals surface area (Å²) in [5, 5.41) is 0. The summed E-state index contributed by atoms with van der Waals surface area (Å²) in [5.41, 5.74) is 4.60. The Balaban J connectivity index is 2.42. The lowest BCUT2D eigenvalue weighted by Crippen LogP contribution is -2.29. The van der Waals surface area contributed by atoms with Crippen LogP contribution in [0.5, 0.6) is 0 Å². The summed E-state index contributed by atoms with van der Waals surface area (Å²) in [6.07, 6.45) is 3.44. The third-order valence-corrected chi connectivity index (χ3v) is 3.39. The van der Waals surface area contributed by atoms with Gasteiger partial charge in [0.15, 0.2) is 0 Å². The molecule has 0 amide bonds. The van der Waals surface area contributed by atoms with Gasteiger partial charge in [-0.25, -0.2) is 9.82 Å². The average Bonchev–Trinajstić information content (AvgIpc) is 2.34. The fourth-order valence-electron chi connectivity index (χ4n) is 1.65. The van der Waals surface area contributed by atoms with Gasteiger partial charge in [-0.05, 0) is 51.9 Å². The molecule has 0 aliphatic carbocycles. The van der Waals surface area contributed by atoms with Gasteiger partial charge in [0, 0.05) is 16.0 Å². The van der Waals surface area contributed by atoms with Crippen LogP contribution >= 0.6 is 22.6 Å². The highest BCUT2D eigenvalue weighted by Gasteiger charge is 2.15. The van der Waals surface area contributed by atoms with Crippen LogP contribution in [0, 0.1) is 9.39 Å². The maximum atomic E-state index is 13.0. The molecule has 2 aromatic rings. The second-order valence-electron chi connectivity index (χ2n) is 3.55. The molecule has 1 atom stereocenters. The quantitative estimate of drug-likeness (QED) is 0.511. The van der Waals surface area contributed by atoms with E-state index in [0.717, 1.165) is 14.7 Å². The summed E-state index contributed by atoms with van der Waals surface area (Å²) in [5.74, 6) is 5.32. The first-order chi connectivity index (χ1) is 8.22. The molecule has 0 saturated heterocycles. The molecule has 17 heavy (non-hydrogen) atoms. The Morgan fingerprint density at radius 1 is 1.35 bits per heavy atom. The first-order valence-electron chi connectivity index (χ1n) is 5.03. The van der Waals surface area contributed by atoms with Crippen molar-refractivity contribution in [2.75, 3.05) is 0 Å². The Morgan fingerprint density at radius 3 is 2.76 bits per heavy atom. The largest absolute Gasteiger partial charge is 0.271 e. The van der Waals surface area contributed by atoms with E-state index in [4.69, 9.17) is 5.84 Å². The molecule has 0 fully saturated rings. The van der Waals surface area contributed by atoms with Crippen molar-refractivity contribution in [3.05, 3.63) is 63.2 Å². The van der Waals surface area contributed by atoms with E-state index >= 15 is 0 Å². The average molecular weight is 343 g/mol. The molecule has 88 valence electrons. The van der Waals surface area contributed by atoms with Crippen LogP contribution in [-0.2, 0) is 0 Å². The number of hydrogen-bond acceptors (Lipinski definition) is 3. The van der Waals surface area contributed by atoms with Gasteiger partial charge in [-0.2, -0.15) is 0 Å². The molecule has 1 aromatic carbocycles. The summed E-state index contributed by atoms with van der Waals surface area (Å²) in [6, 6.07) is 8.23. The summed E-state index contributed by atoms with van der Waals surface area (Å²) in [4.78, 5) is 4.05.